The summed E-state index contributed by atoms with van der Waals surface area (Å²) in [6.45, 7) is 5.50. The Kier molecular flexibility index (Phi) is 6.47. The van der Waals surface area contributed by atoms with E-state index in [1.54, 1.807) is 25.3 Å². The van der Waals surface area contributed by atoms with Crippen molar-refractivity contribution in [3.8, 4) is 5.75 Å². The minimum Gasteiger partial charge on any atom is -0.497 e. The van der Waals surface area contributed by atoms with E-state index < -0.39 is 0 Å². The van der Waals surface area contributed by atoms with Crippen LogP contribution in [0, 0.1) is 0 Å². The Morgan fingerprint density at radius 3 is 2.26 bits per heavy atom. The maximum Gasteiger partial charge on any atom is 0.282 e. The number of para-hydroxylation sites is 1. The third-order valence-corrected chi connectivity index (χ3v) is 5.69. The first kappa shape index (κ1) is 19.8. The molecule has 0 bridgehead atoms. The fourth-order valence-electron chi connectivity index (χ4n) is 3.31. The number of hydrogen-bond acceptors (Lipinski definition) is 3. The maximum atomic E-state index is 12.7. The van der Waals surface area contributed by atoms with Crippen molar-refractivity contribution in [2.24, 2.45) is 0 Å². The van der Waals surface area contributed by atoms with E-state index in [0.29, 0.717) is 15.7 Å². The molecule has 1 heterocycles. The summed E-state index contributed by atoms with van der Waals surface area (Å²) in [5.41, 5.74) is 1.66. The van der Waals surface area contributed by atoms with Crippen molar-refractivity contribution in [3.63, 3.8) is 0 Å². The van der Waals surface area contributed by atoms with Crippen LogP contribution in [0.4, 0.5) is 11.4 Å². The van der Waals surface area contributed by atoms with E-state index >= 15 is 0 Å². The van der Waals surface area contributed by atoms with Gasteiger partial charge in [-0.05, 0) is 43.3 Å². The second kappa shape index (κ2) is 8.83. The lowest BCUT2D eigenvalue weighted by Gasteiger charge is -2.36. The molecule has 2 N–H and O–H groups in total. The summed E-state index contributed by atoms with van der Waals surface area (Å²) in [5, 5.41) is 3.77. The van der Waals surface area contributed by atoms with Gasteiger partial charge in [0.25, 0.3) is 5.91 Å². The number of amides is 1. The molecule has 1 saturated heterocycles. The summed E-state index contributed by atoms with van der Waals surface area (Å²) >= 11 is 12.3. The van der Waals surface area contributed by atoms with E-state index in [2.05, 4.69) is 22.3 Å². The zero-order valence-corrected chi connectivity index (χ0v) is 17.0. The molecule has 1 amide bonds. The minimum atomic E-state index is -0.185. The van der Waals surface area contributed by atoms with Gasteiger partial charge in [-0.3, -0.25) is 4.79 Å². The second-order valence-corrected chi connectivity index (χ2v) is 7.47. The number of hydrogen-bond donors (Lipinski definition) is 2. The van der Waals surface area contributed by atoms with Gasteiger partial charge in [0.2, 0.25) is 0 Å². The lowest BCUT2D eigenvalue weighted by atomic mass is 10.2. The molecule has 0 spiro atoms. The van der Waals surface area contributed by atoms with E-state index in [4.69, 9.17) is 27.9 Å². The quantitative estimate of drug-likeness (QED) is 0.799. The van der Waals surface area contributed by atoms with Crippen LogP contribution in [0.5, 0.6) is 5.75 Å². The fraction of sp³-hybridized carbons (Fsp3) is 0.350. The molecule has 0 aliphatic carbocycles. The summed E-state index contributed by atoms with van der Waals surface area (Å²) in [6, 6.07) is 13.1. The highest BCUT2D eigenvalue weighted by Crippen LogP contribution is 2.29. The third kappa shape index (κ3) is 4.67. The topological polar surface area (TPSA) is 46.0 Å². The number of benzene rings is 2. The highest BCUT2D eigenvalue weighted by molar-refractivity contribution is 6.39. The van der Waals surface area contributed by atoms with E-state index in [1.165, 1.54) is 10.6 Å². The average molecular weight is 409 g/mol. The number of anilines is 2. The smallest absolute Gasteiger partial charge is 0.282 e. The molecule has 2 aromatic rings. The molecule has 5 nitrogen and oxygen atoms in total. The largest absolute Gasteiger partial charge is 0.497 e. The van der Waals surface area contributed by atoms with Crippen molar-refractivity contribution in [2.75, 3.05) is 43.5 Å². The van der Waals surface area contributed by atoms with Gasteiger partial charge in [0.05, 0.1) is 49.0 Å². The number of carbonyl (C=O) groups is 1. The number of piperazine rings is 1. The number of carbonyl (C=O) groups excluding carboxylic acids is 1. The van der Waals surface area contributed by atoms with Gasteiger partial charge in [0.1, 0.15) is 5.75 Å². The zero-order valence-electron chi connectivity index (χ0n) is 15.5. The van der Waals surface area contributed by atoms with Crippen LogP contribution in [0.3, 0.4) is 0 Å². The normalized spacial score (nSPS) is 16.1. The Labute approximate surface area is 169 Å². The van der Waals surface area contributed by atoms with Crippen molar-refractivity contribution >= 4 is 40.5 Å². The predicted octanol–water partition coefficient (Wildman–Crippen LogP) is 2.73. The van der Waals surface area contributed by atoms with Crippen molar-refractivity contribution in [1.82, 2.24) is 0 Å². The molecule has 0 radical (unpaired) electrons. The fourth-order valence-corrected chi connectivity index (χ4v) is 3.80. The Hall–Kier alpha value is -1.95. The van der Waals surface area contributed by atoms with Crippen molar-refractivity contribution in [2.45, 2.75) is 13.0 Å². The predicted molar refractivity (Wildman–Crippen MR) is 110 cm³/mol. The molecule has 1 aliphatic rings. The molecule has 3 rings (SSSR count). The van der Waals surface area contributed by atoms with Gasteiger partial charge in [0.15, 0.2) is 6.04 Å². The number of nitrogens with one attached hydrogen (secondary N) is 2. The maximum absolute atomic E-state index is 12.7. The van der Waals surface area contributed by atoms with Crippen molar-refractivity contribution in [1.29, 1.82) is 0 Å². The first-order valence-electron chi connectivity index (χ1n) is 8.98. The van der Waals surface area contributed by atoms with E-state index in [1.807, 2.05) is 19.1 Å². The molecule has 1 atom stereocenters. The van der Waals surface area contributed by atoms with E-state index in [-0.39, 0.29) is 11.9 Å². The molecular weight excluding hydrogens is 385 g/mol. The van der Waals surface area contributed by atoms with Gasteiger partial charge in [-0.2, -0.15) is 0 Å². The molecule has 144 valence electrons. The summed E-state index contributed by atoms with van der Waals surface area (Å²) in [4.78, 5) is 16.2. The summed E-state index contributed by atoms with van der Waals surface area (Å²) < 4.78 is 5.21. The standard InChI is InChI=1S/C20H23Cl2N3O2/c1-14(20(26)23-19-17(21)4-3-5-18(19)22)24-10-12-25(13-11-24)15-6-8-16(27-2)9-7-15/h3-9,14H,10-13H2,1-2H3,(H,23,26)/p+1/t14-/m1/s1. The van der Waals surface area contributed by atoms with Crippen LogP contribution in [-0.2, 0) is 4.79 Å². The molecule has 1 fully saturated rings. The van der Waals surface area contributed by atoms with Gasteiger partial charge in [0, 0.05) is 5.69 Å². The first-order valence-corrected chi connectivity index (χ1v) is 9.73. The Balaban J connectivity index is 1.57. The molecule has 7 heteroatoms. The Morgan fingerprint density at radius 1 is 1.11 bits per heavy atom. The molecule has 1 aliphatic heterocycles. The molecule has 27 heavy (non-hydrogen) atoms. The minimum absolute atomic E-state index is 0.0714. The summed E-state index contributed by atoms with van der Waals surface area (Å²) in [7, 11) is 1.67. The van der Waals surface area contributed by atoms with Gasteiger partial charge < -0.3 is 19.9 Å². The van der Waals surface area contributed by atoms with Crippen molar-refractivity contribution in [3.05, 3.63) is 52.5 Å². The first-order chi connectivity index (χ1) is 13.0. The summed E-state index contributed by atoms with van der Waals surface area (Å²) in [5.74, 6) is 0.782. The highest BCUT2D eigenvalue weighted by atomic mass is 35.5. The molecule has 0 aromatic heterocycles. The van der Waals surface area contributed by atoms with Gasteiger partial charge in [-0.15, -0.1) is 0 Å². The van der Waals surface area contributed by atoms with Crippen LogP contribution in [0.15, 0.2) is 42.5 Å². The zero-order chi connectivity index (χ0) is 19.4. The lowest BCUT2D eigenvalue weighted by molar-refractivity contribution is -0.914. The van der Waals surface area contributed by atoms with Gasteiger partial charge >= 0.3 is 0 Å². The van der Waals surface area contributed by atoms with Crippen LogP contribution in [-0.4, -0.2) is 45.2 Å². The number of quaternary nitrogens is 1. The van der Waals surface area contributed by atoms with Gasteiger partial charge in [-0.25, -0.2) is 0 Å². The van der Waals surface area contributed by atoms with Crippen LogP contribution in [0.25, 0.3) is 0 Å². The number of rotatable bonds is 5. The SMILES string of the molecule is COc1ccc(N2CC[NH+]([C@H](C)C(=O)Nc3c(Cl)cccc3Cl)CC2)cc1. The molecule has 2 aromatic carbocycles. The number of methoxy groups -OCH3 is 1. The lowest BCUT2D eigenvalue weighted by Crippen LogP contribution is -3.19. The number of halogens is 2. The van der Waals surface area contributed by atoms with E-state index in [9.17, 15) is 4.79 Å². The van der Waals surface area contributed by atoms with Crippen LogP contribution < -0.4 is 19.9 Å². The van der Waals surface area contributed by atoms with Crippen LogP contribution in [0.2, 0.25) is 10.0 Å². The van der Waals surface area contributed by atoms with Gasteiger partial charge in [-0.1, -0.05) is 29.3 Å². The number of nitrogens with zero attached hydrogens (tertiary/aromatic N) is 1. The number of ether oxygens (including phenoxy) is 1. The molecule has 0 unspecified atom stereocenters. The van der Waals surface area contributed by atoms with Crippen molar-refractivity contribution < 1.29 is 14.4 Å². The van der Waals surface area contributed by atoms with E-state index in [0.717, 1.165) is 31.9 Å². The van der Waals surface area contributed by atoms with Crippen LogP contribution in [0.1, 0.15) is 6.92 Å². The Bertz CT molecular complexity index is 770. The second-order valence-electron chi connectivity index (χ2n) is 6.65. The Morgan fingerprint density at radius 2 is 1.70 bits per heavy atom. The van der Waals surface area contributed by atoms with Crippen LogP contribution >= 0.6 is 23.2 Å². The summed E-state index contributed by atoms with van der Waals surface area (Å²) in [6.07, 6.45) is 0. The monoisotopic (exact) mass is 408 g/mol. The highest BCUT2D eigenvalue weighted by Gasteiger charge is 2.29. The molecule has 0 saturated carbocycles. The molecular formula is C20H24Cl2N3O2+. The average Bonchev–Trinajstić information content (AvgIpc) is 2.70. The third-order valence-electron chi connectivity index (χ3n) is 5.06.